The zero-order chi connectivity index (χ0) is 18.5. The van der Waals surface area contributed by atoms with Crippen LogP contribution in [0.1, 0.15) is 45.2 Å². The lowest BCUT2D eigenvalue weighted by Gasteiger charge is -2.62. The summed E-state index contributed by atoms with van der Waals surface area (Å²) in [6, 6.07) is 10.2. The van der Waals surface area contributed by atoms with Gasteiger partial charge in [0.2, 0.25) is 0 Å². The topological polar surface area (TPSA) is 49.4 Å². The van der Waals surface area contributed by atoms with E-state index >= 15 is 0 Å². The molecule has 2 aromatic carbocycles. The summed E-state index contributed by atoms with van der Waals surface area (Å²) in [4.78, 5) is 2.03. The second kappa shape index (κ2) is 6.47. The van der Waals surface area contributed by atoms with E-state index in [4.69, 9.17) is 0 Å². The second-order valence-corrected chi connectivity index (χ2v) is 7.71. The van der Waals surface area contributed by atoms with Gasteiger partial charge in [-0.05, 0) is 85.0 Å². The molecule has 1 fully saturated rings. The maximum absolute atomic E-state index is 13.0. The van der Waals surface area contributed by atoms with Crippen molar-refractivity contribution in [2.75, 3.05) is 19.0 Å². The standard InChI is InChI=1S/C22H27NO2/c1-12-9-14(3)18(11-13(12)2)20-21(24)19(22(20)25)17-8-7-16(23(5)6)10-15(17)4/h7-11,19-22H,1-6H3/q-2. The van der Waals surface area contributed by atoms with Crippen LogP contribution < -0.4 is 15.1 Å². The smallest absolute Gasteiger partial charge is 0.0363 e. The molecule has 2 atom stereocenters. The van der Waals surface area contributed by atoms with Gasteiger partial charge in [-0.15, -0.1) is 12.2 Å². The number of nitrogens with zero attached hydrogens (tertiary/aromatic N) is 1. The zero-order valence-corrected chi connectivity index (χ0v) is 16.0. The monoisotopic (exact) mass is 337 g/mol. The molecule has 2 unspecified atom stereocenters. The maximum atomic E-state index is 13.0. The molecule has 1 aliphatic rings. The average Bonchev–Trinajstić information content (AvgIpc) is 2.54. The quantitative estimate of drug-likeness (QED) is 0.864. The summed E-state index contributed by atoms with van der Waals surface area (Å²) in [7, 11) is 3.98. The molecule has 0 N–H and O–H groups in total. The van der Waals surface area contributed by atoms with Crippen molar-refractivity contribution >= 4 is 5.69 Å². The van der Waals surface area contributed by atoms with Crippen LogP contribution in [-0.2, 0) is 0 Å². The Hall–Kier alpha value is -1.84. The number of hydrogen-bond acceptors (Lipinski definition) is 3. The zero-order valence-electron chi connectivity index (χ0n) is 16.0. The summed E-state index contributed by atoms with van der Waals surface area (Å²) >= 11 is 0. The van der Waals surface area contributed by atoms with Gasteiger partial charge in [-0.2, -0.15) is 0 Å². The van der Waals surface area contributed by atoms with Gasteiger partial charge in [0.25, 0.3) is 0 Å². The Balaban J connectivity index is 1.91. The van der Waals surface area contributed by atoms with Gasteiger partial charge in [0.05, 0.1) is 0 Å². The number of benzene rings is 2. The Bertz CT molecular complexity index is 787. The third-order valence-electron chi connectivity index (χ3n) is 5.79. The Kier molecular flexibility index (Phi) is 4.65. The van der Waals surface area contributed by atoms with E-state index in [0.717, 1.165) is 33.5 Å². The molecule has 0 bridgehead atoms. The van der Waals surface area contributed by atoms with Gasteiger partial charge in [-0.25, -0.2) is 0 Å². The van der Waals surface area contributed by atoms with Crippen LogP contribution >= 0.6 is 0 Å². The van der Waals surface area contributed by atoms with Crippen molar-refractivity contribution in [2.24, 2.45) is 0 Å². The molecule has 0 amide bonds. The Labute approximate surface area is 150 Å². The van der Waals surface area contributed by atoms with E-state index in [-0.39, 0.29) is 0 Å². The first-order valence-corrected chi connectivity index (χ1v) is 8.89. The summed E-state index contributed by atoms with van der Waals surface area (Å²) in [5, 5.41) is 25.9. The molecular weight excluding hydrogens is 310 g/mol. The van der Waals surface area contributed by atoms with Crippen LogP contribution in [0.25, 0.3) is 0 Å². The summed E-state index contributed by atoms with van der Waals surface area (Å²) < 4.78 is 0. The first kappa shape index (κ1) is 18.0. The van der Waals surface area contributed by atoms with Crippen molar-refractivity contribution in [3.05, 3.63) is 63.7 Å². The van der Waals surface area contributed by atoms with Crippen LogP contribution in [0.4, 0.5) is 5.69 Å². The van der Waals surface area contributed by atoms with Crippen LogP contribution in [0.3, 0.4) is 0 Å². The van der Waals surface area contributed by atoms with Gasteiger partial charge >= 0.3 is 0 Å². The Morgan fingerprint density at radius 1 is 0.680 bits per heavy atom. The molecule has 3 heteroatoms. The van der Waals surface area contributed by atoms with Crippen molar-refractivity contribution in [3.63, 3.8) is 0 Å². The largest absolute Gasteiger partial charge is 0.851 e. The first-order chi connectivity index (χ1) is 11.7. The van der Waals surface area contributed by atoms with Gasteiger partial charge < -0.3 is 15.1 Å². The van der Waals surface area contributed by atoms with Crippen molar-refractivity contribution in [3.8, 4) is 0 Å². The van der Waals surface area contributed by atoms with E-state index in [9.17, 15) is 10.2 Å². The Morgan fingerprint density at radius 3 is 1.76 bits per heavy atom. The fourth-order valence-electron chi connectivity index (χ4n) is 4.04. The highest BCUT2D eigenvalue weighted by Gasteiger charge is 2.39. The number of anilines is 1. The van der Waals surface area contributed by atoms with E-state index in [1.165, 1.54) is 5.56 Å². The van der Waals surface area contributed by atoms with Gasteiger partial charge in [-0.1, -0.05) is 18.2 Å². The number of hydrogen-bond donors (Lipinski definition) is 0. The van der Waals surface area contributed by atoms with Crippen LogP contribution in [0, 0.1) is 27.7 Å². The third kappa shape index (κ3) is 2.96. The molecule has 2 aromatic rings. The second-order valence-electron chi connectivity index (χ2n) is 7.71. The van der Waals surface area contributed by atoms with E-state index in [0.29, 0.717) is 0 Å². The van der Waals surface area contributed by atoms with Crippen LogP contribution in [-0.4, -0.2) is 26.3 Å². The lowest BCUT2D eigenvalue weighted by Crippen LogP contribution is -2.63. The molecule has 0 spiro atoms. The molecule has 0 saturated heterocycles. The lowest BCUT2D eigenvalue weighted by molar-refractivity contribution is -0.536. The molecule has 0 aromatic heterocycles. The number of rotatable bonds is 3. The van der Waals surface area contributed by atoms with Crippen LogP contribution in [0.2, 0.25) is 0 Å². The first-order valence-electron chi connectivity index (χ1n) is 8.89. The van der Waals surface area contributed by atoms with E-state index in [2.05, 4.69) is 19.1 Å². The molecule has 25 heavy (non-hydrogen) atoms. The minimum atomic E-state index is -0.868. The summed E-state index contributed by atoms with van der Waals surface area (Å²) in [6.07, 6.45) is -1.74. The number of aryl methyl sites for hydroxylation is 4. The molecule has 1 saturated carbocycles. The molecule has 0 radical (unpaired) electrons. The molecule has 3 rings (SSSR count). The molecule has 0 heterocycles. The van der Waals surface area contributed by atoms with Crippen molar-refractivity contribution in [1.29, 1.82) is 0 Å². The van der Waals surface area contributed by atoms with Crippen molar-refractivity contribution in [2.45, 2.75) is 51.7 Å². The predicted octanol–water partition coefficient (Wildman–Crippen LogP) is 2.33. The molecule has 1 aliphatic carbocycles. The van der Waals surface area contributed by atoms with Crippen LogP contribution in [0.5, 0.6) is 0 Å². The van der Waals surface area contributed by atoms with Gasteiger partial charge in [0.15, 0.2) is 0 Å². The normalized spacial score (nSPS) is 25.6. The fourth-order valence-corrected chi connectivity index (χ4v) is 4.04. The van der Waals surface area contributed by atoms with Gasteiger partial charge in [0, 0.05) is 19.8 Å². The van der Waals surface area contributed by atoms with Crippen molar-refractivity contribution < 1.29 is 10.2 Å². The minimum absolute atomic E-state index is 0.433. The fraction of sp³-hybridized carbons (Fsp3) is 0.455. The average molecular weight is 337 g/mol. The molecule has 3 nitrogen and oxygen atoms in total. The van der Waals surface area contributed by atoms with E-state index in [1.54, 1.807) is 0 Å². The van der Waals surface area contributed by atoms with Crippen LogP contribution in [0.15, 0.2) is 30.3 Å². The highest BCUT2D eigenvalue weighted by Crippen LogP contribution is 2.47. The highest BCUT2D eigenvalue weighted by atomic mass is 16.3. The molecule has 0 aliphatic heterocycles. The minimum Gasteiger partial charge on any atom is -0.851 e. The summed E-state index contributed by atoms with van der Waals surface area (Å²) in [6.45, 7) is 8.11. The third-order valence-corrected chi connectivity index (χ3v) is 5.79. The van der Waals surface area contributed by atoms with Crippen molar-refractivity contribution in [1.82, 2.24) is 0 Å². The lowest BCUT2D eigenvalue weighted by atomic mass is 9.62. The van der Waals surface area contributed by atoms with Gasteiger partial charge in [-0.3, -0.25) is 0 Å². The van der Waals surface area contributed by atoms with E-state index in [1.807, 2.05) is 58.0 Å². The SMILES string of the molecule is Cc1cc(C)c(C2C([O-])C(c3ccc(N(C)C)cc3C)C2[O-])cc1C. The Morgan fingerprint density at radius 2 is 1.20 bits per heavy atom. The van der Waals surface area contributed by atoms with Gasteiger partial charge in [0.1, 0.15) is 0 Å². The predicted molar refractivity (Wildman–Crippen MR) is 99.2 cm³/mol. The highest BCUT2D eigenvalue weighted by molar-refractivity contribution is 5.52. The molecular formula is C22H27NO2-2. The summed E-state index contributed by atoms with van der Waals surface area (Å²) in [5.74, 6) is -0.876. The van der Waals surface area contributed by atoms with E-state index < -0.39 is 24.0 Å². The summed E-state index contributed by atoms with van der Waals surface area (Å²) in [5.41, 5.74) is 7.41. The molecule has 134 valence electrons. The maximum Gasteiger partial charge on any atom is 0.0363 e.